The molecule has 0 saturated carbocycles. The van der Waals surface area contributed by atoms with Crippen molar-refractivity contribution in [2.45, 2.75) is 32.6 Å². The van der Waals surface area contributed by atoms with Crippen molar-refractivity contribution in [1.82, 2.24) is 0 Å². The predicted molar refractivity (Wildman–Crippen MR) is 65.6 cm³/mol. The van der Waals surface area contributed by atoms with Gasteiger partial charge in [-0.2, -0.15) is 0 Å². The Morgan fingerprint density at radius 3 is 2.47 bits per heavy atom. The van der Waals surface area contributed by atoms with Crippen LogP contribution in [0, 0.1) is 5.92 Å². The van der Waals surface area contributed by atoms with Crippen LogP contribution in [-0.4, -0.2) is 6.61 Å². The summed E-state index contributed by atoms with van der Waals surface area (Å²) >= 11 is 5.71. The Labute approximate surface area is 97.4 Å². The molecule has 1 aromatic rings. The summed E-state index contributed by atoms with van der Waals surface area (Å²) in [6.07, 6.45) is 2.44. The minimum Gasteiger partial charge on any atom is -0.493 e. The lowest BCUT2D eigenvalue weighted by molar-refractivity contribution is 0.251. The second-order valence-electron chi connectivity index (χ2n) is 3.98. The molecule has 0 fully saturated rings. The van der Waals surface area contributed by atoms with Gasteiger partial charge in [-0.3, -0.25) is 0 Å². The van der Waals surface area contributed by atoms with E-state index in [4.69, 9.17) is 16.3 Å². The molecule has 0 radical (unpaired) electrons. The number of halogens is 1. The lowest BCUT2D eigenvalue weighted by Crippen LogP contribution is -2.07. The van der Waals surface area contributed by atoms with E-state index in [1.54, 1.807) is 0 Å². The van der Waals surface area contributed by atoms with Gasteiger partial charge in [-0.05, 0) is 30.0 Å². The highest BCUT2D eigenvalue weighted by Crippen LogP contribution is 2.15. The first-order valence-corrected chi connectivity index (χ1v) is 6.07. The zero-order valence-corrected chi connectivity index (χ0v) is 10.3. The molecule has 0 amide bonds. The number of alkyl halides is 1. The molecule has 15 heavy (non-hydrogen) atoms. The molecule has 2 heteroatoms. The SMILES string of the molecule is CCCC(C)COc1ccc(CCl)cc1. The van der Waals surface area contributed by atoms with E-state index in [-0.39, 0.29) is 0 Å². The van der Waals surface area contributed by atoms with Crippen molar-refractivity contribution >= 4 is 11.6 Å². The Hall–Kier alpha value is -0.690. The molecule has 0 saturated heterocycles. The van der Waals surface area contributed by atoms with Crippen molar-refractivity contribution in [2.24, 2.45) is 5.92 Å². The van der Waals surface area contributed by atoms with E-state index in [0.717, 1.165) is 17.9 Å². The summed E-state index contributed by atoms with van der Waals surface area (Å²) in [5, 5.41) is 0. The van der Waals surface area contributed by atoms with Crippen LogP contribution in [0.2, 0.25) is 0 Å². The molecule has 0 aromatic heterocycles. The topological polar surface area (TPSA) is 9.23 Å². The number of benzene rings is 1. The minimum absolute atomic E-state index is 0.562. The van der Waals surface area contributed by atoms with Crippen LogP contribution in [0.5, 0.6) is 5.75 Å². The van der Waals surface area contributed by atoms with Gasteiger partial charge < -0.3 is 4.74 Å². The Morgan fingerprint density at radius 1 is 1.27 bits per heavy atom. The molecule has 0 aliphatic rings. The molecule has 0 aliphatic carbocycles. The first kappa shape index (κ1) is 12.4. The van der Waals surface area contributed by atoms with E-state index in [1.165, 1.54) is 12.8 Å². The molecule has 0 bridgehead atoms. The summed E-state index contributed by atoms with van der Waals surface area (Å²) < 4.78 is 5.68. The molecule has 1 rings (SSSR count). The van der Waals surface area contributed by atoms with Crippen LogP contribution in [0.4, 0.5) is 0 Å². The van der Waals surface area contributed by atoms with Crippen molar-refractivity contribution in [3.05, 3.63) is 29.8 Å². The largest absolute Gasteiger partial charge is 0.493 e. The van der Waals surface area contributed by atoms with Gasteiger partial charge in [0.05, 0.1) is 6.61 Å². The molecule has 0 N–H and O–H groups in total. The molecule has 1 aromatic carbocycles. The summed E-state index contributed by atoms with van der Waals surface area (Å²) in [7, 11) is 0. The molecular formula is C13H19ClO. The Morgan fingerprint density at radius 2 is 1.93 bits per heavy atom. The fourth-order valence-electron chi connectivity index (χ4n) is 1.49. The third-order valence-corrected chi connectivity index (χ3v) is 2.70. The zero-order chi connectivity index (χ0) is 11.1. The Kier molecular flexibility index (Phi) is 5.56. The van der Waals surface area contributed by atoms with Crippen LogP contribution in [-0.2, 0) is 5.88 Å². The highest BCUT2D eigenvalue weighted by atomic mass is 35.5. The fourth-order valence-corrected chi connectivity index (χ4v) is 1.67. The predicted octanol–water partition coefficient (Wildman–Crippen LogP) is 4.24. The second-order valence-corrected chi connectivity index (χ2v) is 4.25. The zero-order valence-electron chi connectivity index (χ0n) is 9.50. The van der Waals surface area contributed by atoms with Gasteiger partial charge in [-0.25, -0.2) is 0 Å². The monoisotopic (exact) mass is 226 g/mol. The molecule has 84 valence electrons. The molecule has 1 unspecified atom stereocenters. The first-order chi connectivity index (χ1) is 7.26. The highest BCUT2D eigenvalue weighted by Gasteiger charge is 2.01. The summed E-state index contributed by atoms with van der Waals surface area (Å²) in [5.74, 6) is 2.13. The summed E-state index contributed by atoms with van der Waals surface area (Å²) in [4.78, 5) is 0. The number of hydrogen-bond donors (Lipinski definition) is 0. The molecule has 0 heterocycles. The van der Waals surface area contributed by atoms with E-state index in [9.17, 15) is 0 Å². The number of ether oxygens (including phenoxy) is 1. The van der Waals surface area contributed by atoms with Crippen LogP contribution in [0.25, 0.3) is 0 Å². The van der Waals surface area contributed by atoms with Crippen molar-refractivity contribution in [1.29, 1.82) is 0 Å². The number of rotatable bonds is 6. The average molecular weight is 227 g/mol. The van der Waals surface area contributed by atoms with Gasteiger partial charge in [0.2, 0.25) is 0 Å². The lowest BCUT2D eigenvalue weighted by Gasteiger charge is -2.12. The van der Waals surface area contributed by atoms with Gasteiger partial charge in [0, 0.05) is 5.88 Å². The average Bonchev–Trinajstić information content (AvgIpc) is 2.27. The lowest BCUT2D eigenvalue weighted by atomic mass is 10.1. The van der Waals surface area contributed by atoms with Crippen LogP contribution in [0.3, 0.4) is 0 Å². The minimum atomic E-state index is 0.562. The third-order valence-electron chi connectivity index (χ3n) is 2.39. The van der Waals surface area contributed by atoms with Gasteiger partial charge in [-0.1, -0.05) is 32.4 Å². The molecule has 1 nitrogen and oxygen atoms in total. The standard InChI is InChI=1S/C13H19ClO/c1-3-4-11(2)10-15-13-7-5-12(9-14)6-8-13/h5-8,11H,3-4,9-10H2,1-2H3. The molecule has 0 spiro atoms. The Balaban J connectivity index is 2.37. The Bertz CT molecular complexity index is 268. The maximum absolute atomic E-state index is 5.71. The second kappa shape index (κ2) is 6.73. The summed E-state index contributed by atoms with van der Waals surface area (Å²) in [6.45, 7) is 5.22. The molecule has 0 aliphatic heterocycles. The van der Waals surface area contributed by atoms with Crippen LogP contribution < -0.4 is 4.74 Å². The van der Waals surface area contributed by atoms with E-state index in [1.807, 2.05) is 24.3 Å². The smallest absolute Gasteiger partial charge is 0.119 e. The van der Waals surface area contributed by atoms with Crippen LogP contribution >= 0.6 is 11.6 Å². The molecular weight excluding hydrogens is 208 g/mol. The maximum atomic E-state index is 5.71. The maximum Gasteiger partial charge on any atom is 0.119 e. The normalized spacial score (nSPS) is 12.5. The van der Waals surface area contributed by atoms with Crippen LogP contribution in [0.15, 0.2) is 24.3 Å². The van der Waals surface area contributed by atoms with E-state index < -0.39 is 0 Å². The first-order valence-electron chi connectivity index (χ1n) is 5.54. The van der Waals surface area contributed by atoms with Gasteiger partial charge in [-0.15, -0.1) is 11.6 Å². The van der Waals surface area contributed by atoms with Gasteiger partial charge in [0.1, 0.15) is 5.75 Å². The third kappa shape index (κ3) is 4.57. The van der Waals surface area contributed by atoms with Crippen molar-refractivity contribution in [3.8, 4) is 5.75 Å². The summed E-state index contributed by atoms with van der Waals surface area (Å²) in [5.41, 5.74) is 1.13. The van der Waals surface area contributed by atoms with Crippen molar-refractivity contribution in [2.75, 3.05) is 6.61 Å². The van der Waals surface area contributed by atoms with E-state index in [2.05, 4.69) is 13.8 Å². The highest BCUT2D eigenvalue weighted by molar-refractivity contribution is 6.17. The van der Waals surface area contributed by atoms with Gasteiger partial charge in [0.25, 0.3) is 0 Å². The van der Waals surface area contributed by atoms with Gasteiger partial charge >= 0.3 is 0 Å². The van der Waals surface area contributed by atoms with Gasteiger partial charge in [0.15, 0.2) is 0 Å². The van der Waals surface area contributed by atoms with Crippen molar-refractivity contribution in [3.63, 3.8) is 0 Å². The quantitative estimate of drug-likeness (QED) is 0.660. The summed E-state index contributed by atoms with van der Waals surface area (Å²) in [6, 6.07) is 7.98. The van der Waals surface area contributed by atoms with E-state index in [0.29, 0.717) is 11.8 Å². The number of hydrogen-bond acceptors (Lipinski definition) is 1. The van der Waals surface area contributed by atoms with Crippen LogP contribution in [0.1, 0.15) is 32.3 Å². The molecule has 1 atom stereocenters. The fraction of sp³-hybridized carbons (Fsp3) is 0.538. The van der Waals surface area contributed by atoms with Crippen molar-refractivity contribution < 1.29 is 4.74 Å². The van der Waals surface area contributed by atoms with E-state index >= 15 is 0 Å².